The van der Waals surface area contributed by atoms with Crippen molar-refractivity contribution < 1.29 is 29.4 Å². The molecule has 0 heterocycles. The van der Waals surface area contributed by atoms with Gasteiger partial charge in [-0.1, -0.05) is 30.3 Å². The molecule has 0 radical (unpaired) electrons. The summed E-state index contributed by atoms with van der Waals surface area (Å²) < 4.78 is 0. The second-order valence-electron chi connectivity index (χ2n) is 6.83. The first kappa shape index (κ1) is 24.1. The molecule has 1 rings (SSSR count). The Morgan fingerprint density at radius 1 is 0.931 bits per heavy atom. The molecule has 5 atom stereocenters. The van der Waals surface area contributed by atoms with Crippen LogP contribution in [0.25, 0.3) is 0 Å². The largest absolute Gasteiger partial charge is 0.480 e. The number of carboxylic acid groups (broad SMARTS) is 1. The van der Waals surface area contributed by atoms with E-state index in [9.17, 15) is 24.3 Å². The summed E-state index contributed by atoms with van der Waals surface area (Å²) in [6.45, 7) is 4.03. The van der Waals surface area contributed by atoms with Crippen LogP contribution in [0.2, 0.25) is 0 Å². The summed E-state index contributed by atoms with van der Waals surface area (Å²) in [5.41, 5.74) is 6.20. The molecular weight excluding hydrogens is 380 g/mol. The van der Waals surface area contributed by atoms with E-state index >= 15 is 0 Å². The number of aliphatic hydroxyl groups excluding tert-OH is 1. The third kappa shape index (κ3) is 7.88. The number of nitrogens with two attached hydrogens (primary N) is 1. The Morgan fingerprint density at radius 2 is 1.52 bits per heavy atom. The summed E-state index contributed by atoms with van der Waals surface area (Å²) in [6, 6.07) is 4.27. The average Bonchev–Trinajstić information content (AvgIpc) is 2.65. The number of carbonyl (C=O) groups excluding carboxylic acids is 3. The van der Waals surface area contributed by atoms with Gasteiger partial charge in [0.1, 0.15) is 18.1 Å². The van der Waals surface area contributed by atoms with Gasteiger partial charge in [0.25, 0.3) is 0 Å². The van der Waals surface area contributed by atoms with Gasteiger partial charge in [-0.2, -0.15) is 0 Å². The van der Waals surface area contributed by atoms with Crippen molar-refractivity contribution in [1.82, 2.24) is 16.0 Å². The number of aliphatic hydroxyl groups is 1. The summed E-state index contributed by atoms with van der Waals surface area (Å²) >= 11 is 0. The lowest BCUT2D eigenvalue weighted by atomic mass is 10.0. The Balaban J connectivity index is 3.01. The molecule has 0 bridgehead atoms. The maximum Gasteiger partial charge on any atom is 0.325 e. The molecule has 0 aromatic heterocycles. The quantitative estimate of drug-likeness (QED) is 0.274. The third-order valence-electron chi connectivity index (χ3n) is 4.12. The highest BCUT2D eigenvalue weighted by Crippen LogP contribution is 2.05. The highest BCUT2D eigenvalue weighted by Gasteiger charge is 2.31. The molecule has 0 spiro atoms. The van der Waals surface area contributed by atoms with Gasteiger partial charge >= 0.3 is 5.97 Å². The Bertz CT molecular complexity index is 723. The molecule has 0 aliphatic rings. The van der Waals surface area contributed by atoms with Gasteiger partial charge in [0.05, 0.1) is 12.1 Å². The van der Waals surface area contributed by atoms with Gasteiger partial charge in [-0.05, 0) is 26.3 Å². The van der Waals surface area contributed by atoms with E-state index in [-0.39, 0.29) is 6.42 Å². The van der Waals surface area contributed by atoms with Gasteiger partial charge in [-0.25, -0.2) is 0 Å². The maximum absolute atomic E-state index is 12.6. The lowest BCUT2D eigenvalue weighted by Gasteiger charge is -2.25. The Hall–Kier alpha value is -2.98. The SMILES string of the molecule is CC(N)C(=O)NC(C(=O)NC(Cc1ccccc1)C(=O)NC(C)C(=O)O)C(C)O. The van der Waals surface area contributed by atoms with Gasteiger partial charge in [0.15, 0.2) is 0 Å². The van der Waals surface area contributed by atoms with Gasteiger partial charge < -0.3 is 31.9 Å². The van der Waals surface area contributed by atoms with E-state index in [4.69, 9.17) is 10.8 Å². The predicted octanol–water partition coefficient (Wildman–Crippen LogP) is -1.48. The number of rotatable bonds is 10. The number of carboxylic acids is 1. The zero-order valence-electron chi connectivity index (χ0n) is 16.6. The van der Waals surface area contributed by atoms with Crippen LogP contribution in [-0.4, -0.2) is 64.2 Å². The number of nitrogens with one attached hydrogen (secondary N) is 3. The molecule has 3 amide bonds. The van der Waals surface area contributed by atoms with Crippen LogP contribution < -0.4 is 21.7 Å². The van der Waals surface area contributed by atoms with E-state index in [0.717, 1.165) is 5.56 Å². The molecule has 0 aliphatic carbocycles. The van der Waals surface area contributed by atoms with Crippen molar-refractivity contribution >= 4 is 23.7 Å². The smallest absolute Gasteiger partial charge is 0.325 e. The van der Waals surface area contributed by atoms with E-state index in [1.807, 2.05) is 0 Å². The second-order valence-corrected chi connectivity index (χ2v) is 6.83. The van der Waals surface area contributed by atoms with Crippen molar-refractivity contribution in [3.8, 4) is 0 Å². The minimum absolute atomic E-state index is 0.0819. The normalized spacial score (nSPS) is 15.9. The number of aliphatic carboxylic acids is 1. The predicted molar refractivity (Wildman–Crippen MR) is 105 cm³/mol. The fourth-order valence-electron chi connectivity index (χ4n) is 2.39. The molecule has 10 heteroatoms. The van der Waals surface area contributed by atoms with Crippen molar-refractivity contribution in [2.75, 3.05) is 0 Å². The molecule has 0 saturated heterocycles. The first-order chi connectivity index (χ1) is 13.5. The molecule has 0 aliphatic heterocycles. The average molecular weight is 408 g/mol. The summed E-state index contributed by atoms with van der Waals surface area (Å²) in [6.07, 6.45) is -1.17. The molecule has 7 N–H and O–H groups in total. The van der Waals surface area contributed by atoms with Crippen LogP contribution in [0.4, 0.5) is 0 Å². The molecule has 29 heavy (non-hydrogen) atoms. The zero-order chi connectivity index (χ0) is 22.1. The lowest BCUT2D eigenvalue weighted by Crippen LogP contribution is -2.59. The molecule has 1 aromatic carbocycles. The van der Waals surface area contributed by atoms with E-state index < -0.39 is 54.0 Å². The van der Waals surface area contributed by atoms with E-state index in [1.165, 1.54) is 20.8 Å². The summed E-state index contributed by atoms with van der Waals surface area (Å²) in [5.74, 6) is -3.38. The summed E-state index contributed by atoms with van der Waals surface area (Å²) in [7, 11) is 0. The minimum Gasteiger partial charge on any atom is -0.480 e. The molecule has 160 valence electrons. The van der Waals surface area contributed by atoms with Gasteiger partial charge in [0.2, 0.25) is 17.7 Å². The number of hydrogen-bond donors (Lipinski definition) is 6. The van der Waals surface area contributed by atoms with Gasteiger partial charge in [0, 0.05) is 6.42 Å². The van der Waals surface area contributed by atoms with Gasteiger partial charge in [-0.15, -0.1) is 0 Å². The zero-order valence-corrected chi connectivity index (χ0v) is 16.6. The van der Waals surface area contributed by atoms with Crippen LogP contribution in [0.3, 0.4) is 0 Å². The van der Waals surface area contributed by atoms with Crippen molar-refractivity contribution in [2.45, 2.75) is 57.5 Å². The van der Waals surface area contributed by atoms with Crippen LogP contribution in [0, 0.1) is 0 Å². The number of benzene rings is 1. The highest BCUT2D eigenvalue weighted by atomic mass is 16.4. The molecule has 1 aromatic rings. The number of carbonyl (C=O) groups is 4. The standard InChI is InChI=1S/C19H28N4O6/c1-10(20)16(25)23-15(12(3)24)18(27)22-14(9-13-7-5-4-6-8-13)17(26)21-11(2)19(28)29/h4-8,10-12,14-15,24H,9,20H2,1-3H3,(H,21,26)(H,22,27)(H,23,25)(H,28,29). The maximum atomic E-state index is 12.6. The van der Waals surface area contributed by atoms with E-state index in [1.54, 1.807) is 30.3 Å². The molecular formula is C19H28N4O6. The van der Waals surface area contributed by atoms with Gasteiger partial charge in [-0.3, -0.25) is 19.2 Å². The highest BCUT2D eigenvalue weighted by molar-refractivity contribution is 5.94. The van der Waals surface area contributed by atoms with Crippen molar-refractivity contribution in [3.05, 3.63) is 35.9 Å². The Labute approximate surface area is 168 Å². The first-order valence-electron chi connectivity index (χ1n) is 9.14. The van der Waals surface area contributed by atoms with E-state index in [0.29, 0.717) is 0 Å². The second kappa shape index (κ2) is 11.1. The van der Waals surface area contributed by atoms with Crippen molar-refractivity contribution in [3.63, 3.8) is 0 Å². The minimum atomic E-state index is -1.34. The third-order valence-corrected chi connectivity index (χ3v) is 4.12. The topological polar surface area (TPSA) is 171 Å². The first-order valence-corrected chi connectivity index (χ1v) is 9.14. The van der Waals surface area contributed by atoms with Crippen molar-refractivity contribution in [2.24, 2.45) is 5.73 Å². The summed E-state index contributed by atoms with van der Waals surface area (Å²) in [4.78, 5) is 48.1. The fourth-order valence-corrected chi connectivity index (χ4v) is 2.39. The van der Waals surface area contributed by atoms with Crippen LogP contribution >= 0.6 is 0 Å². The monoisotopic (exact) mass is 408 g/mol. The van der Waals surface area contributed by atoms with Crippen LogP contribution in [-0.2, 0) is 25.6 Å². The molecule has 0 fully saturated rings. The Morgan fingerprint density at radius 3 is 2.00 bits per heavy atom. The molecule has 0 saturated carbocycles. The van der Waals surface area contributed by atoms with Crippen LogP contribution in [0.15, 0.2) is 30.3 Å². The number of amides is 3. The molecule has 5 unspecified atom stereocenters. The fraction of sp³-hybridized carbons (Fsp3) is 0.474. The summed E-state index contributed by atoms with van der Waals surface area (Å²) in [5, 5.41) is 26.0. The van der Waals surface area contributed by atoms with Crippen molar-refractivity contribution in [1.29, 1.82) is 0 Å². The Kier molecular flexibility index (Phi) is 9.23. The molecule has 10 nitrogen and oxygen atoms in total. The van der Waals surface area contributed by atoms with Crippen LogP contribution in [0.1, 0.15) is 26.3 Å². The van der Waals surface area contributed by atoms with Crippen LogP contribution in [0.5, 0.6) is 0 Å². The van der Waals surface area contributed by atoms with E-state index in [2.05, 4.69) is 16.0 Å². The number of hydrogen-bond acceptors (Lipinski definition) is 6. The lowest BCUT2D eigenvalue weighted by molar-refractivity contribution is -0.142.